The Morgan fingerprint density at radius 3 is 2.75 bits per heavy atom. The van der Waals surface area contributed by atoms with Gasteiger partial charge in [-0.25, -0.2) is 8.78 Å². The summed E-state index contributed by atoms with van der Waals surface area (Å²) in [5.41, 5.74) is 0.0693. The van der Waals surface area contributed by atoms with Gasteiger partial charge in [0.2, 0.25) is 0 Å². The smallest absolute Gasteiger partial charge is 0.135 e. The van der Waals surface area contributed by atoms with E-state index >= 15 is 0 Å². The third-order valence-corrected chi connectivity index (χ3v) is 3.41. The van der Waals surface area contributed by atoms with Gasteiger partial charge >= 0.3 is 0 Å². The average molecular weight is 301 g/mol. The van der Waals surface area contributed by atoms with E-state index < -0.39 is 23.3 Å². The van der Waals surface area contributed by atoms with Crippen molar-refractivity contribution in [1.82, 2.24) is 9.78 Å². The molecule has 0 saturated heterocycles. The maximum atomic E-state index is 14.1. The minimum Gasteiger partial charge on any atom is -0.382 e. The van der Waals surface area contributed by atoms with Gasteiger partial charge in [-0.15, -0.1) is 0 Å². The van der Waals surface area contributed by atoms with Crippen molar-refractivity contribution in [1.29, 1.82) is 0 Å². The molecule has 1 atom stereocenters. The van der Waals surface area contributed by atoms with Crippen LogP contribution in [-0.2, 0) is 6.54 Å². The van der Waals surface area contributed by atoms with E-state index in [-0.39, 0.29) is 16.3 Å². The van der Waals surface area contributed by atoms with Crippen LogP contribution in [0.2, 0.25) is 5.02 Å². The van der Waals surface area contributed by atoms with Gasteiger partial charge in [-0.3, -0.25) is 4.68 Å². The van der Waals surface area contributed by atoms with Gasteiger partial charge in [0.1, 0.15) is 17.7 Å². The molecule has 1 unspecified atom stereocenters. The summed E-state index contributed by atoms with van der Waals surface area (Å²) in [4.78, 5) is 0. The molecule has 3 nitrogen and oxygen atoms in total. The maximum absolute atomic E-state index is 14.1. The standard InChI is InChI=1S/C14H15ClF2N2O/c1-3-6-19-13(9(15)7-18-19)14(20)11-10(16)5-4-8(2)12(11)17/h4-5,7,14,20H,3,6H2,1-2H3. The van der Waals surface area contributed by atoms with Gasteiger partial charge in [-0.2, -0.15) is 5.10 Å². The number of hydrogen-bond acceptors (Lipinski definition) is 2. The van der Waals surface area contributed by atoms with Gasteiger partial charge < -0.3 is 5.11 Å². The Hall–Kier alpha value is -1.46. The topological polar surface area (TPSA) is 38.0 Å². The molecule has 1 aromatic carbocycles. The zero-order valence-electron chi connectivity index (χ0n) is 11.2. The first-order chi connectivity index (χ1) is 9.47. The minimum atomic E-state index is -1.49. The second kappa shape index (κ2) is 5.89. The zero-order valence-corrected chi connectivity index (χ0v) is 12.0. The number of aryl methyl sites for hydroxylation is 2. The summed E-state index contributed by atoms with van der Waals surface area (Å²) in [5.74, 6) is -1.57. The van der Waals surface area contributed by atoms with Crippen molar-refractivity contribution >= 4 is 11.6 Å². The molecule has 1 N–H and O–H groups in total. The number of nitrogens with zero attached hydrogens (tertiary/aromatic N) is 2. The average Bonchev–Trinajstić information content (AvgIpc) is 2.76. The molecule has 0 saturated carbocycles. The minimum absolute atomic E-state index is 0.186. The van der Waals surface area contributed by atoms with Crippen LogP contribution in [-0.4, -0.2) is 14.9 Å². The van der Waals surface area contributed by atoms with Crippen molar-refractivity contribution in [3.05, 3.63) is 51.8 Å². The lowest BCUT2D eigenvalue weighted by Gasteiger charge is -2.16. The Kier molecular flexibility index (Phi) is 4.40. The lowest BCUT2D eigenvalue weighted by atomic mass is 10.0. The molecule has 0 aliphatic heterocycles. The second-order valence-corrected chi connectivity index (χ2v) is 5.00. The van der Waals surface area contributed by atoms with Crippen LogP contribution < -0.4 is 0 Å². The Bertz CT molecular complexity index is 628. The SMILES string of the molecule is CCCn1ncc(Cl)c1C(O)c1c(F)ccc(C)c1F. The number of aliphatic hydroxyl groups excluding tert-OH is 1. The molecule has 0 radical (unpaired) electrons. The summed E-state index contributed by atoms with van der Waals surface area (Å²) >= 11 is 5.98. The van der Waals surface area contributed by atoms with Crippen LogP contribution in [0.3, 0.4) is 0 Å². The van der Waals surface area contributed by atoms with Gasteiger partial charge in [0.15, 0.2) is 0 Å². The number of rotatable bonds is 4. The van der Waals surface area contributed by atoms with Crippen LogP contribution in [0.25, 0.3) is 0 Å². The zero-order chi connectivity index (χ0) is 14.9. The van der Waals surface area contributed by atoms with E-state index in [0.717, 1.165) is 12.5 Å². The molecule has 0 aliphatic rings. The highest BCUT2D eigenvalue weighted by molar-refractivity contribution is 6.31. The summed E-state index contributed by atoms with van der Waals surface area (Å²) in [6.07, 6.45) is 0.634. The fourth-order valence-electron chi connectivity index (χ4n) is 2.10. The molecule has 108 valence electrons. The molecule has 0 spiro atoms. The molecule has 1 aromatic heterocycles. The van der Waals surface area contributed by atoms with E-state index in [1.54, 1.807) is 0 Å². The first-order valence-corrected chi connectivity index (χ1v) is 6.68. The molecule has 6 heteroatoms. The van der Waals surface area contributed by atoms with Gasteiger partial charge in [0, 0.05) is 6.54 Å². The van der Waals surface area contributed by atoms with Crippen molar-refractivity contribution in [3.8, 4) is 0 Å². The van der Waals surface area contributed by atoms with Crippen molar-refractivity contribution in [3.63, 3.8) is 0 Å². The Morgan fingerprint density at radius 2 is 2.10 bits per heavy atom. The van der Waals surface area contributed by atoms with E-state index in [0.29, 0.717) is 6.54 Å². The van der Waals surface area contributed by atoms with Crippen LogP contribution in [0.4, 0.5) is 8.78 Å². The van der Waals surface area contributed by atoms with Crippen molar-refractivity contribution in [2.45, 2.75) is 32.9 Å². The first-order valence-electron chi connectivity index (χ1n) is 6.31. The molecule has 2 rings (SSSR count). The quantitative estimate of drug-likeness (QED) is 0.936. The van der Waals surface area contributed by atoms with E-state index in [4.69, 9.17) is 11.6 Å². The van der Waals surface area contributed by atoms with Gasteiger partial charge in [0.05, 0.1) is 22.5 Å². The number of aromatic nitrogens is 2. The Labute approximate surface area is 120 Å². The molecule has 0 bridgehead atoms. The van der Waals surface area contributed by atoms with Gasteiger partial charge in [-0.05, 0) is 25.0 Å². The molecular formula is C14H15ClF2N2O. The highest BCUT2D eigenvalue weighted by Gasteiger charge is 2.26. The molecule has 20 heavy (non-hydrogen) atoms. The van der Waals surface area contributed by atoms with E-state index in [1.165, 1.54) is 23.9 Å². The lowest BCUT2D eigenvalue weighted by molar-refractivity contribution is 0.196. The van der Waals surface area contributed by atoms with Crippen molar-refractivity contribution in [2.24, 2.45) is 0 Å². The molecule has 0 aliphatic carbocycles. The molecule has 0 fully saturated rings. The van der Waals surface area contributed by atoms with Crippen LogP contribution in [0.5, 0.6) is 0 Å². The van der Waals surface area contributed by atoms with Gasteiger partial charge in [0.25, 0.3) is 0 Å². The fraction of sp³-hybridized carbons (Fsp3) is 0.357. The predicted molar refractivity (Wildman–Crippen MR) is 72.7 cm³/mol. The normalized spacial score (nSPS) is 12.7. The maximum Gasteiger partial charge on any atom is 0.135 e. The third kappa shape index (κ3) is 2.55. The monoisotopic (exact) mass is 300 g/mol. The summed E-state index contributed by atoms with van der Waals surface area (Å²) < 4.78 is 29.4. The Balaban J connectivity index is 2.54. The summed E-state index contributed by atoms with van der Waals surface area (Å²) in [7, 11) is 0. The second-order valence-electron chi connectivity index (χ2n) is 4.60. The molecule has 0 amide bonds. The number of benzene rings is 1. The van der Waals surface area contributed by atoms with Crippen molar-refractivity contribution in [2.75, 3.05) is 0 Å². The Morgan fingerprint density at radius 1 is 1.40 bits per heavy atom. The lowest BCUT2D eigenvalue weighted by Crippen LogP contribution is -2.14. The highest BCUT2D eigenvalue weighted by atomic mass is 35.5. The molecular weight excluding hydrogens is 286 g/mol. The van der Waals surface area contributed by atoms with Crippen LogP contribution in [0.1, 0.15) is 36.3 Å². The van der Waals surface area contributed by atoms with Crippen LogP contribution >= 0.6 is 11.6 Å². The van der Waals surface area contributed by atoms with E-state index in [9.17, 15) is 13.9 Å². The number of hydrogen-bond donors (Lipinski definition) is 1. The first kappa shape index (κ1) is 14.9. The van der Waals surface area contributed by atoms with E-state index in [2.05, 4.69) is 5.10 Å². The number of aliphatic hydroxyl groups is 1. The summed E-state index contributed by atoms with van der Waals surface area (Å²) in [5, 5.41) is 14.5. The molecule has 1 heterocycles. The van der Waals surface area contributed by atoms with Crippen molar-refractivity contribution < 1.29 is 13.9 Å². The third-order valence-electron chi connectivity index (χ3n) is 3.12. The van der Waals surface area contributed by atoms with E-state index in [1.807, 2.05) is 6.92 Å². The van der Waals surface area contributed by atoms with Crippen LogP contribution in [0.15, 0.2) is 18.3 Å². The highest BCUT2D eigenvalue weighted by Crippen LogP contribution is 2.32. The summed E-state index contributed by atoms with van der Waals surface area (Å²) in [6, 6.07) is 2.46. The van der Waals surface area contributed by atoms with Crippen LogP contribution in [0, 0.1) is 18.6 Å². The fourth-order valence-corrected chi connectivity index (χ4v) is 2.34. The predicted octanol–water partition coefficient (Wildman–Crippen LogP) is 3.61. The van der Waals surface area contributed by atoms with Gasteiger partial charge in [-0.1, -0.05) is 24.6 Å². The molecule has 2 aromatic rings. The summed E-state index contributed by atoms with van der Waals surface area (Å²) in [6.45, 7) is 3.95. The largest absolute Gasteiger partial charge is 0.382 e. The number of halogens is 3.